The Morgan fingerprint density at radius 2 is 1.94 bits per heavy atom. The van der Waals surface area contributed by atoms with Crippen molar-refractivity contribution >= 4 is 28.9 Å². The zero-order valence-electron chi connectivity index (χ0n) is 19.3. The summed E-state index contributed by atoms with van der Waals surface area (Å²) in [5.41, 5.74) is 0.477. The summed E-state index contributed by atoms with van der Waals surface area (Å²) in [7, 11) is 0. The van der Waals surface area contributed by atoms with Gasteiger partial charge in [-0.1, -0.05) is 32.1 Å². The number of halogens is 1. The third-order valence-electron chi connectivity index (χ3n) is 6.41. The Labute approximate surface area is 197 Å². The SMILES string of the molecule is C[C@H](NC(=O)O[C@@H](CC1CCCCC1)C(=O)N1CCOCC1)C(=O)c1nc2cc(F)ccc2o1. The smallest absolute Gasteiger partial charge is 0.408 e. The molecule has 1 aliphatic carbocycles. The molecule has 2 aliphatic rings. The lowest BCUT2D eigenvalue weighted by atomic mass is 9.85. The van der Waals surface area contributed by atoms with Crippen LogP contribution in [-0.2, 0) is 14.3 Å². The molecule has 4 rings (SSSR count). The van der Waals surface area contributed by atoms with Crippen molar-refractivity contribution < 1.29 is 32.7 Å². The average Bonchev–Trinajstić information content (AvgIpc) is 3.27. The first-order valence-corrected chi connectivity index (χ1v) is 11.8. The van der Waals surface area contributed by atoms with Gasteiger partial charge >= 0.3 is 6.09 Å². The van der Waals surface area contributed by atoms with E-state index in [1.54, 1.807) is 4.90 Å². The lowest BCUT2D eigenvalue weighted by molar-refractivity contribution is -0.145. The number of aromatic nitrogens is 1. The summed E-state index contributed by atoms with van der Waals surface area (Å²) in [5, 5.41) is 2.48. The first-order valence-electron chi connectivity index (χ1n) is 11.8. The van der Waals surface area contributed by atoms with Crippen molar-refractivity contribution in [1.82, 2.24) is 15.2 Å². The number of ether oxygens (including phenoxy) is 2. The van der Waals surface area contributed by atoms with E-state index in [2.05, 4.69) is 10.3 Å². The molecule has 1 saturated heterocycles. The van der Waals surface area contributed by atoms with E-state index in [9.17, 15) is 18.8 Å². The number of oxazole rings is 1. The van der Waals surface area contributed by atoms with Crippen LogP contribution in [0, 0.1) is 11.7 Å². The van der Waals surface area contributed by atoms with Gasteiger partial charge in [-0.3, -0.25) is 9.59 Å². The number of fused-ring (bicyclic) bond motifs is 1. The van der Waals surface area contributed by atoms with Crippen LogP contribution in [0.4, 0.5) is 9.18 Å². The van der Waals surface area contributed by atoms with E-state index in [-0.39, 0.29) is 22.9 Å². The maximum absolute atomic E-state index is 13.4. The van der Waals surface area contributed by atoms with Crippen LogP contribution in [-0.4, -0.2) is 66.1 Å². The molecule has 1 aromatic heterocycles. The Bertz CT molecular complexity index is 1030. The van der Waals surface area contributed by atoms with Crippen LogP contribution in [0.15, 0.2) is 22.6 Å². The highest BCUT2D eigenvalue weighted by Crippen LogP contribution is 2.29. The summed E-state index contributed by atoms with van der Waals surface area (Å²) in [6.45, 7) is 3.29. The second-order valence-electron chi connectivity index (χ2n) is 8.93. The number of rotatable bonds is 7. The molecule has 0 bridgehead atoms. The summed E-state index contributed by atoms with van der Waals surface area (Å²) in [5.74, 6) is -1.24. The molecule has 0 spiro atoms. The number of alkyl carbamates (subject to hydrolysis) is 1. The number of amides is 2. The number of hydrogen-bond acceptors (Lipinski definition) is 7. The molecule has 2 fully saturated rings. The van der Waals surface area contributed by atoms with Crippen LogP contribution in [0.5, 0.6) is 0 Å². The summed E-state index contributed by atoms with van der Waals surface area (Å²) in [6, 6.07) is 2.74. The van der Waals surface area contributed by atoms with E-state index >= 15 is 0 Å². The molecule has 1 aromatic carbocycles. The van der Waals surface area contributed by atoms with E-state index < -0.39 is 29.8 Å². The molecule has 10 heteroatoms. The number of nitrogens with zero attached hydrogens (tertiary/aromatic N) is 2. The fourth-order valence-corrected chi connectivity index (χ4v) is 4.51. The average molecular weight is 476 g/mol. The van der Waals surface area contributed by atoms with Crippen molar-refractivity contribution in [3.63, 3.8) is 0 Å². The molecule has 2 atom stereocenters. The van der Waals surface area contributed by atoms with Crippen LogP contribution >= 0.6 is 0 Å². The second kappa shape index (κ2) is 10.9. The number of carbonyl (C=O) groups is 3. The first kappa shape index (κ1) is 24.1. The predicted molar refractivity (Wildman–Crippen MR) is 120 cm³/mol. The van der Waals surface area contributed by atoms with Gasteiger partial charge in [0.1, 0.15) is 11.3 Å². The van der Waals surface area contributed by atoms with Gasteiger partial charge in [-0.05, 0) is 31.4 Å². The zero-order chi connectivity index (χ0) is 24.1. The lowest BCUT2D eigenvalue weighted by Crippen LogP contribution is -2.49. The number of ketones is 1. The van der Waals surface area contributed by atoms with Gasteiger partial charge in [0.25, 0.3) is 11.8 Å². The second-order valence-corrected chi connectivity index (χ2v) is 8.93. The highest BCUT2D eigenvalue weighted by molar-refractivity contribution is 5.99. The zero-order valence-corrected chi connectivity index (χ0v) is 19.3. The van der Waals surface area contributed by atoms with E-state index in [1.807, 2.05) is 0 Å². The summed E-state index contributed by atoms with van der Waals surface area (Å²) < 4.78 is 29.7. The van der Waals surface area contributed by atoms with Crippen molar-refractivity contribution in [3.05, 3.63) is 29.9 Å². The van der Waals surface area contributed by atoms with E-state index in [4.69, 9.17) is 13.9 Å². The van der Waals surface area contributed by atoms with Crippen molar-refractivity contribution in [2.75, 3.05) is 26.3 Å². The molecule has 9 nitrogen and oxygen atoms in total. The molecule has 1 N–H and O–H groups in total. The fourth-order valence-electron chi connectivity index (χ4n) is 4.51. The van der Waals surface area contributed by atoms with Gasteiger partial charge in [-0.2, -0.15) is 0 Å². The molecule has 34 heavy (non-hydrogen) atoms. The van der Waals surface area contributed by atoms with Gasteiger partial charge < -0.3 is 24.1 Å². The van der Waals surface area contributed by atoms with Crippen LogP contribution in [0.2, 0.25) is 0 Å². The van der Waals surface area contributed by atoms with Crippen molar-refractivity contribution in [2.24, 2.45) is 5.92 Å². The highest BCUT2D eigenvalue weighted by atomic mass is 19.1. The van der Waals surface area contributed by atoms with Crippen LogP contribution < -0.4 is 5.32 Å². The van der Waals surface area contributed by atoms with Gasteiger partial charge in [0.2, 0.25) is 5.78 Å². The highest BCUT2D eigenvalue weighted by Gasteiger charge is 2.33. The standard InChI is InChI=1S/C24H30FN3O6/c1-15(21(29)22-27-18-14-17(25)7-8-19(18)33-22)26-24(31)34-20(13-16-5-3-2-4-6-16)23(30)28-9-11-32-12-10-28/h7-8,14-16,20H,2-6,9-13H2,1H3,(H,26,31)/t15-,20-/m0/s1. The van der Waals surface area contributed by atoms with Crippen LogP contribution in [0.1, 0.15) is 56.1 Å². The molecule has 184 valence electrons. The molecule has 2 aromatic rings. The quantitative estimate of drug-likeness (QED) is 0.611. The molecule has 0 unspecified atom stereocenters. The number of hydrogen-bond donors (Lipinski definition) is 1. The summed E-state index contributed by atoms with van der Waals surface area (Å²) in [6.07, 6.45) is 4.09. The molecular weight excluding hydrogens is 445 g/mol. The lowest BCUT2D eigenvalue weighted by Gasteiger charge is -2.32. The number of benzene rings is 1. The third kappa shape index (κ3) is 5.91. The number of Topliss-reactive ketones (excluding diaryl/α,β-unsaturated/α-hetero) is 1. The monoisotopic (exact) mass is 475 g/mol. The Morgan fingerprint density at radius 1 is 1.21 bits per heavy atom. The van der Waals surface area contributed by atoms with E-state index in [0.717, 1.165) is 31.7 Å². The van der Waals surface area contributed by atoms with Gasteiger partial charge in [0, 0.05) is 19.2 Å². The number of carbonyl (C=O) groups excluding carboxylic acids is 3. The maximum atomic E-state index is 13.4. The van der Waals surface area contributed by atoms with Gasteiger partial charge in [0.15, 0.2) is 11.7 Å². The summed E-state index contributed by atoms with van der Waals surface area (Å²) in [4.78, 5) is 44.2. The molecule has 2 heterocycles. The molecular formula is C24H30FN3O6. The molecule has 1 saturated carbocycles. The minimum atomic E-state index is -1.01. The first-order chi connectivity index (χ1) is 16.4. The minimum Gasteiger partial charge on any atom is -0.436 e. The normalized spacial score (nSPS) is 18.9. The third-order valence-corrected chi connectivity index (χ3v) is 6.41. The minimum absolute atomic E-state index is 0.210. The van der Waals surface area contributed by atoms with Crippen LogP contribution in [0.25, 0.3) is 11.1 Å². The fraction of sp³-hybridized carbons (Fsp3) is 0.583. The molecule has 2 amide bonds. The largest absolute Gasteiger partial charge is 0.436 e. The van der Waals surface area contributed by atoms with Crippen LogP contribution in [0.3, 0.4) is 0 Å². The molecule has 0 radical (unpaired) electrons. The Hall–Kier alpha value is -3.01. The topological polar surface area (TPSA) is 111 Å². The van der Waals surface area contributed by atoms with E-state index in [1.165, 1.54) is 25.5 Å². The van der Waals surface area contributed by atoms with Crippen molar-refractivity contribution in [3.8, 4) is 0 Å². The van der Waals surface area contributed by atoms with Gasteiger partial charge in [-0.15, -0.1) is 0 Å². The van der Waals surface area contributed by atoms with Gasteiger partial charge in [0.05, 0.1) is 19.3 Å². The maximum Gasteiger partial charge on any atom is 0.408 e. The predicted octanol–water partition coefficient (Wildman–Crippen LogP) is 3.46. The van der Waals surface area contributed by atoms with Crippen molar-refractivity contribution in [2.45, 2.75) is 57.6 Å². The number of nitrogens with one attached hydrogen (secondary N) is 1. The van der Waals surface area contributed by atoms with Gasteiger partial charge in [-0.25, -0.2) is 14.2 Å². The van der Waals surface area contributed by atoms with Crippen molar-refractivity contribution in [1.29, 1.82) is 0 Å². The Kier molecular flexibility index (Phi) is 7.77. The molecule has 1 aliphatic heterocycles. The van der Waals surface area contributed by atoms with E-state index in [0.29, 0.717) is 38.6 Å². The Morgan fingerprint density at radius 3 is 2.68 bits per heavy atom. The number of morpholine rings is 1. The Balaban J connectivity index is 1.39. The summed E-state index contributed by atoms with van der Waals surface area (Å²) >= 11 is 0.